The van der Waals surface area contributed by atoms with Crippen molar-refractivity contribution in [2.24, 2.45) is 5.41 Å². The number of carbonyl (C=O) groups is 2. The molecule has 0 bridgehead atoms. The van der Waals surface area contributed by atoms with Crippen LogP contribution in [-0.2, 0) is 14.3 Å². The standard InChI is InChI=1S/C22H34O5/c1-5-8-9-10-11-12-16-26-20(23)22(6-2,7-3)21(24)27-19-15-13-14-18(17-19)25-4/h13-15,17H,5-12,16H2,1-4H3. The van der Waals surface area contributed by atoms with Gasteiger partial charge >= 0.3 is 11.9 Å². The number of rotatable bonds is 13. The molecule has 0 spiro atoms. The SMILES string of the molecule is CCCCCCCCOC(=O)C(CC)(CC)C(=O)Oc1cccc(OC)c1. The van der Waals surface area contributed by atoms with E-state index in [2.05, 4.69) is 6.92 Å². The summed E-state index contributed by atoms with van der Waals surface area (Å²) >= 11 is 0. The summed E-state index contributed by atoms with van der Waals surface area (Å²) in [4.78, 5) is 25.5. The molecule has 0 saturated heterocycles. The van der Waals surface area contributed by atoms with Crippen LogP contribution in [0.15, 0.2) is 24.3 Å². The summed E-state index contributed by atoms with van der Waals surface area (Å²) in [5, 5.41) is 0. The zero-order valence-corrected chi connectivity index (χ0v) is 17.2. The fraction of sp³-hybridized carbons (Fsp3) is 0.636. The van der Waals surface area contributed by atoms with E-state index in [1.54, 1.807) is 31.4 Å². The van der Waals surface area contributed by atoms with Crippen LogP contribution in [0.1, 0.15) is 72.1 Å². The quantitative estimate of drug-likeness (QED) is 0.201. The summed E-state index contributed by atoms with van der Waals surface area (Å²) in [5.41, 5.74) is -1.27. The van der Waals surface area contributed by atoms with E-state index in [-0.39, 0.29) is 0 Å². The maximum Gasteiger partial charge on any atom is 0.328 e. The molecule has 0 aliphatic rings. The Balaban J connectivity index is 2.63. The lowest BCUT2D eigenvalue weighted by molar-refractivity contribution is -0.168. The van der Waals surface area contributed by atoms with Gasteiger partial charge in [-0.15, -0.1) is 0 Å². The zero-order chi connectivity index (χ0) is 20.1. The second-order valence-electron chi connectivity index (χ2n) is 6.76. The Hall–Kier alpha value is -2.04. The third kappa shape index (κ3) is 6.89. The Morgan fingerprint density at radius 2 is 1.52 bits per heavy atom. The van der Waals surface area contributed by atoms with E-state index in [1.807, 2.05) is 13.8 Å². The van der Waals surface area contributed by atoms with Crippen molar-refractivity contribution in [2.75, 3.05) is 13.7 Å². The summed E-state index contributed by atoms with van der Waals surface area (Å²) < 4.78 is 16.1. The molecule has 5 nitrogen and oxygen atoms in total. The van der Waals surface area contributed by atoms with Crippen molar-refractivity contribution < 1.29 is 23.8 Å². The highest BCUT2D eigenvalue weighted by molar-refractivity contribution is 6.00. The minimum atomic E-state index is -1.27. The molecular weight excluding hydrogens is 344 g/mol. The average molecular weight is 379 g/mol. The molecule has 0 fully saturated rings. The third-order valence-electron chi connectivity index (χ3n) is 4.97. The first-order valence-corrected chi connectivity index (χ1v) is 10.1. The van der Waals surface area contributed by atoms with Crippen LogP contribution < -0.4 is 9.47 Å². The molecule has 0 saturated carbocycles. The van der Waals surface area contributed by atoms with Crippen LogP contribution in [0.25, 0.3) is 0 Å². The molecule has 0 heterocycles. The van der Waals surface area contributed by atoms with Crippen LogP contribution in [0, 0.1) is 5.41 Å². The number of esters is 2. The topological polar surface area (TPSA) is 61.8 Å². The Morgan fingerprint density at radius 1 is 0.889 bits per heavy atom. The van der Waals surface area contributed by atoms with Crippen LogP contribution >= 0.6 is 0 Å². The normalized spacial score (nSPS) is 11.1. The second-order valence-corrected chi connectivity index (χ2v) is 6.76. The van der Waals surface area contributed by atoms with E-state index in [9.17, 15) is 9.59 Å². The average Bonchev–Trinajstić information content (AvgIpc) is 2.68. The number of ether oxygens (including phenoxy) is 3. The number of hydrogen-bond donors (Lipinski definition) is 0. The Bertz CT molecular complexity index is 578. The van der Waals surface area contributed by atoms with Gasteiger partial charge in [-0.3, -0.25) is 9.59 Å². The minimum Gasteiger partial charge on any atom is -0.497 e. The fourth-order valence-corrected chi connectivity index (χ4v) is 2.97. The van der Waals surface area contributed by atoms with E-state index in [0.717, 1.165) is 19.3 Å². The molecule has 0 N–H and O–H groups in total. The van der Waals surface area contributed by atoms with Crippen LogP contribution in [0.2, 0.25) is 0 Å². The lowest BCUT2D eigenvalue weighted by Gasteiger charge is -2.26. The third-order valence-corrected chi connectivity index (χ3v) is 4.97. The molecule has 0 amide bonds. The first kappa shape index (κ1) is 23.0. The van der Waals surface area contributed by atoms with Gasteiger partial charge in [0, 0.05) is 6.07 Å². The molecule has 0 aliphatic heterocycles. The van der Waals surface area contributed by atoms with E-state index >= 15 is 0 Å². The summed E-state index contributed by atoms with van der Waals surface area (Å²) in [5.74, 6) is -0.124. The maximum atomic E-state index is 12.8. The predicted octanol–water partition coefficient (Wildman–Crippen LogP) is 5.31. The fourth-order valence-electron chi connectivity index (χ4n) is 2.97. The Labute approximate surface area is 163 Å². The molecule has 27 heavy (non-hydrogen) atoms. The van der Waals surface area contributed by atoms with Gasteiger partial charge in [0.25, 0.3) is 0 Å². The minimum absolute atomic E-state index is 0.335. The molecule has 0 atom stereocenters. The van der Waals surface area contributed by atoms with E-state index in [1.165, 1.54) is 19.3 Å². The lowest BCUT2D eigenvalue weighted by Crippen LogP contribution is -2.42. The maximum absolute atomic E-state index is 12.8. The molecule has 1 aromatic carbocycles. The summed E-state index contributed by atoms with van der Waals surface area (Å²) in [6.45, 7) is 6.14. The van der Waals surface area contributed by atoms with E-state index in [0.29, 0.717) is 30.9 Å². The molecular formula is C22H34O5. The molecule has 0 aliphatic carbocycles. The molecule has 0 unspecified atom stereocenters. The molecule has 1 rings (SSSR count). The number of hydrogen-bond acceptors (Lipinski definition) is 5. The molecule has 152 valence electrons. The lowest BCUT2D eigenvalue weighted by atomic mass is 9.82. The Kier molecular flexibility index (Phi) is 10.5. The van der Waals surface area contributed by atoms with Gasteiger partial charge in [0.1, 0.15) is 11.5 Å². The summed E-state index contributed by atoms with van der Waals surface area (Å²) in [7, 11) is 1.54. The Morgan fingerprint density at radius 3 is 2.15 bits per heavy atom. The van der Waals surface area contributed by atoms with Gasteiger partial charge in [-0.2, -0.15) is 0 Å². The number of benzene rings is 1. The van der Waals surface area contributed by atoms with Gasteiger partial charge in [-0.05, 0) is 31.4 Å². The van der Waals surface area contributed by atoms with Crippen molar-refractivity contribution >= 4 is 11.9 Å². The monoisotopic (exact) mass is 378 g/mol. The molecule has 0 aromatic heterocycles. The van der Waals surface area contributed by atoms with Crippen molar-refractivity contribution in [1.29, 1.82) is 0 Å². The second kappa shape index (κ2) is 12.4. The van der Waals surface area contributed by atoms with E-state index in [4.69, 9.17) is 14.2 Å². The van der Waals surface area contributed by atoms with Crippen molar-refractivity contribution in [3.8, 4) is 11.5 Å². The highest BCUT2D eigenvalue weighted by atomic mass is 16.6. The number of carbonyl (C=O) groups excluding carboxylic acids is 2. The van der Waals surface area contributed by atoms with Crippen molar-refractivity contribution in [3.05, 3.63) is 24.3 Å². The van der Waals surface area contributed by atoms with Gasteiger partial charge in [-0.25, -0.2) is 0 Å². The predicted molar refractivity (Wildman–Crippen MR) is 106 cm³/mol. The van der Waals surface area contributed by atoms with Crippen LogP contribution in [0.3, 0.4) is 0 Å². The van der Waals surface area contributed by atoms with Crippen LogP contribution in [0.4, 0.5) is 0 Å². The first-order chi connectivity index (χ1) is 13.0. The summed E-state index contributed by atoms with van der Waals surface area (Å²) in [6, 6.07) is 6.78. The zero-order valence-electron chi connectivity index (χ0n) is 17.2. The highest BCUT2D eigenvalue weighted by Crippen LogP contribution is 2.31. The van der Waals surface area contributed by atoms with E-state index < -0.39 is 17.4 Å². The molecule has 1 aromatic rings. The smallest absolute Gasteiger partial charge is 0.328 e. The number of unbranched alkanes of at least 4 members (excludes halogenated alkanes) is 5. The van der Waals surface area contributed by atoms with Crippen molar-refractivity contribution in [1.82, 2.24) is 0 Å². The van der Waals surface area contributed by atoms with Gasteiger partial charge < -0.3 is 14.2 Å². The first-order valence-electron chi connectivity index (χ1n) is 10.1. The largest absolute Gasteiger partial charge is 0.497 e. The number of methoxy groups -OCH3 is 1. The highest BCUT2D eigenvalue weighted by Gasteiger charge is 2.46. The summed E-state index contributed by atoms with van der Waals surface area (Å²) in [6.07, 6.45) is 7.34. The van der Waals surface area contributed by atoms with Crippen molar-refractivity contribution in [2.45, 2.75) is 72.1 Å². The van der Waals surface area contributed by atoms with Crippen LogP contribution in [-0.4, -0.2) is 25.7 Å². The van der Waals surface area contributed by atoms with Gasteiger partial charge in [0.2, 0.25) is 0 Å². The molecule has 0 radical (unpaired) electrons. The molecule has 5 heteroatoms. The van der Waals surface area contributed by atoms with Gasteiger partial charge in [-0.1, -0.05) is 58.9 Å². The van der Waals surface area contributed by atoms with Gasteiger partial charge in [0.15, 0.2) is 5.41 Å². The van der Waals surface area contributed by atoms with Crippen molar-refractivity contribution in [3.63, 3.8) is 0 Å². The van der Waals surface area contributed by atoms with Crippen LogP contribution in [0.5, 0.6) is 11.5 Å². The van der Waals surface area contributed by atoms with Gasteiger partial charge in [0.05, 0.1) is 13.7 Å².